The standard InChI is InChI=1S/C29H36N6O3/c1-38-26-11-6-5-10-23(26)20-34-16-12-29(13-17-34)19-24-21-35(33-32-24)15-7-14-30-27(36)25(31-28(29)37)18-22-8-3-2-4-9-22/h2-6,8-11,21,25H,7,12-20H2,1H3,(H,30,36)(H,31,37)/t25-/m0/s1. The maximum Gasteiger partial charge on any atom is 0.242 e. The fourth-order valence-corrected chi connectivity index (χ4v) is 5.52. The summed E-state index contributed by atoms with van der Waals surface area (Å²) < 4.78 is 7.35. The van der Waals surface area contributed by atoms with E-state index in [0.717, 1.165) is 48.6 Å². The van der Waals surface area contributed by atoms with Gasteiger partial charge in [0.25, 0.3) is 0 Å². The molecule has 38 heavy (non-hydrogen) atoms. The summed E-state index contributed by atoms with van der Waals surface area (Å²) in [7, 11) is 1.69. The van der Waals surface area contributed by atoms with Crippen molar-refractivity contribution in [2.24, 2.45) is 5.41 Å². The van der Waals surface area contributed by atoms with Crippen LogP contribution >= 0.6 is 0 Å². The summed E-state index contributed by atoms with van der Waals surface area (Å²) in [6, 6.07) is 17.3. The monoisotopic (exact) mass is 516 g/mol. The van der Waals surface area contributed by atoms with E-state index in [-0.39, 0.29) is 11.8 Å². The molecule has 1 aromatic heterocycles. The number of likely N-dealkylation sites (tertiary alicyclic amines) is 1. The molecule has 2 aliphatic rings. The highest BCUT2D eigenvalue weighted by molar-refractivity contribution is 5.90. The summed E-state index contributed by atoms with van der Waals surface area (Å²) in [6.07, 6.45) is 4.96. The van der Waals surface area contributed by atoms with Gasteiger partial charge in [-0.2, -0.15) is 0 Å². The number of fused-ring (bicyclic) bond motifs is 2. The zero-order chi connectivity index (χ0) is 26.4. The molecule has 9 heteroatoms. The van der Waals surface area contributed by atoms with Crippen molar-refractivity contribution in [3.63, 3.8) is 0 Å². The first-order valence-electron chi connectivity index (χ1n) is 13.4. The van der Waals surface area contributed by atoms with Crippen LogP contribution in [0, 0.1) is 5.41 Å². The number of benzene rings is 2. The van der Waals surface area contributed by atoms with E-state index in [0.29, 0.717) is 38.8 Å². The molecular weight excluding hydrogens is 480 g/mol. The molecule has 2 N–H and O–H groups in total. The topological polar surface area (TPSA) is 101 Å². The Balaban J connectivity index is 1.37. The summed E-state index contributed by atoms with van der Waals surface area (Å²) in [4.78, 5) is 29.6. The quantitative estimate of drug-likeness (QED) is 0.540. The number of para-hydroxylation sites is 1. The van der Waals surface area contributed by atoms with Gasteiger partial charge in [-0.15, -0.1) is 5.10 Å². The van der Waals surface area contributed by atoms with Crippen molar-refractivity contribution in [2.45, 2.75) is 51.2 Å². The van der Waals surface area contributed by atoms with Gasteiger partial charge in [0.15, 0.2) is 0 Å². The lowest BCUT2D eigenvalue weighted by Crippen LogP contribution is -2.56. The Hall–Kier alpha value is -3.72. The van der Waals surface area contributed by atoms with Gasteiger partial charge in [0.1, 0.15) is 11.8 Å². The molecule has 0 saturated carbocycles. The molecule has 200 valence electrons. The number of amides is 2. The minimum atomic E-state index is -0.665. The maximum atomic E-state index is 14.0. The summed E-state index contributed by atoms with van der Waals surface area (Å²) in [5, 5.41) is 14.8. The van der Waals surface area contributed by atoms with Crippen LogP contribution in [0.15, 0.2) is 60.8 Å². The summed E-state index contributed by atoms with van der Waals surface area (Å²) in [5.74, 6) is 0.641. The lowest BCUT2D eigenvalue weighted by atomic mass is 9.73. The van der Waals surface area contributed by atoms with Gasteiger partial charge in [-0.25, -0.2) is 0 Å². The highest BCUT2D eigenvalue weighted by atomic mass is 16.5. The van der Waals surface area contributed by atoms with Crippen molar-refractivity contribution >= 4 is 11.8 Å². The minimum absolute atomic E-state index is 0.0840. The van der Waals surface area contributed by atoms with Crippen LogP contribution in [0.4, 0.5) is 0 Å². The van der Waals surface area contributed by atoms with Gasteiger partial charge in [0, 0.05) is 44.2 Å². The maximum absolute atomic E-state index is 14.0. The Morgan fingerprint density at radius 3 is 2.58 bits per heavy atom. The number of piperidine rings is 1. The van der Waals surface area contributed by atoms with Crippen LogP contribution in [-0.4, -0.2) is 64.5 Å². The first-order valence-corrected chi connectivity index (χ1v) is 13.4. The molecular formula is C29H36N6O3. The second kappa shape index (κ2) is 11.8. The Bertz CT molecular complexity index is 1240. The van der Waals surface area contributed by atoms with Gasteiger partial charge in [0.05, 0.1) is 18.2 Å². The van der Waals surface area contributed by atoms with Crippen molar-refractivity contribution in [1.82, 2.24) is 30.5 Å². The zero-order valence-electron chi connectivity index (χ0n) is 21.9. The molecule has 1 spiro atoms. The van der Waals surface area contributed by atoms with Crippen LogP contribution in [0.5, 0.6) is 5.75 Å². The predicted octanol–water partition coefficient (Wildman–Crippen LogP) is 2.36. The van der Waals surface area contributed by atoms with Crippen molar-refractivity contribution in [3.8, 4) is 5.75 Å². The van der Waals surface area contributed by atoms with Gasteiger partial charge in [-0.1, -0.05) is 53.7 Å². The van der Waals surface area contributed by atoms with Gasteiger partial charge in [-0.05, 0) is 44.0 Å². The average Bonchev–Trinajstić information content (AvgIpc) is 3.39. The fraction of sp³-hybridized carbons (Fsp3) is 0.448. The molecule has 2 aliphatic heterocycles. The third-order valence-electron chi connectivity index (χ3n) is 7.75. The van der Waals surface area contributed by atoms with E-state index in [1.807, 2.05) is 59.4 Å². The largest absolute Gasteiger partial charge is 0.496 e. The molecule has 2 bridgehead atoms. The predicted molar refractivity (Wildman–Crippen MR) is 143 cm³/mol. The van der Waals surface area contributed by atoms with E-state index in [2.05, 4.69) is 31.9 Å². The van der Waals surface area contributed by atoms with E-state index in [1.165, 1.54) is 0 Å². The molecule has 9 nitrogen and oxygen atoms in total. The van der Waals surface area contributed by atoms with Crippen LogP contribution in [-0.2, 0) is 35.5 Å². The van der Waals surface area contributed by atoms with E-state index >= 15 is 0 Å². The molecule has 0 aliphatic carbocycles. The van der Waals surface area contributed by atoms with Crippen molar-refractivity contribution in [3.05, 3.63) is 77.6 Å². The Labute approximate surface area is 223 Å². The molecule has 2 aromatic carbocycles. The first-order chi connectivity index (χ1) is 18.5. The number of aromatic nitrogens is 3. The summed E-state index contributed by atoms with van der Waals surface area (Å²) in [6.45, 7) is 3.46. The van der Waals surface area contributed by atoms with Crippen LogP contribution in [0.25, 0.3) is 0 Å². The van der Waals surface area contributed by atoms with Crippen LogP contribution in [0.1, 0.15) is 36.1 Å². The number of hydrogen-bond acceptors (Lipinski definition) is 6. The van der Waals surface area contributed by atoms with Gasteiger partial charge in [-0.3, -0.25) is 19.2 Å². The Morgan fingerprint density at radius 1 is 1.03 bits per heavy atom. The molecule has 1 fully saturated rings. The second-order valence-corrected chi connectivity index (χ2v) is 10.4. The molecule has 1 saturated heterocycles. The average molecular weight is 517 g/mol. The van der Waals surface area contributed by atoms with Gasteiger partial charge < -0.3 is 15.4 Å². The molecule has 2 amide bonds. The normalized spacial score (nSPS) is 20.5. The minimum Gasteiger partial charge on any atom is -0.496 e. The molecule has 5 rings (SSSR count). The summed E-state index contributed by atoms with van der Waals surface area (Å²) in [5.41, 5.74) is 2.30. The third-order valence-corrected chi connectivity index (χ3v) is 7.75. The van der Waals surface area contributed by atoms with Crippen molar-refractivity contribution in [2.75, 3.05) is 26.7 Å². The fourth-order valence-electron chi connectivity index (χ4n) is 5.52. The number of carbonyl (C=O) groups is 2. The van der Waals surface area contributed by atoms with Crippen LogP contribution in [0.3, 0.4) is 0 Å². The number of nitrogens with zero attached hydrogens (tertiary/aromatic N) is 4. The number of methoxy groups -OCH3 is 1. The number of aryl methyl sites for hydroxylation is 1. The van der Waals surface area contributed by atoms with E-state index in [4.69, 9.17) is 4.74 Å². The van der Waals surface area contributed by atoms with Gasteiger partial charge >= 0.3 is 0 Å². The van der Waals surface area contributed by atoms with Gasteiger partial charge in [0.2, 0.25) is 11.8 Å². The number of rotatable bonds is 5. The smallest absolute Gasteiger partial charge is 0.242 e. The second-order valence-electron chi connectivity index (χ2n) is 10.4. The Morgan fingerprint density at radius 2 is 1.79 bits per heavy atom. The van der Waals surface area contributed by atoms with Crippen LogP contribution < -0.4 is 15.4 Å². The van der Waals surface area contributed by atoms with Crippen LogP contribution in [0.2, 0.25) is 0 Å². The van der Waals surface area contributed by atoms with Crippen molar-refractivity contribution < 1.29 is 14.3 Å². The van der Waals surface area contributed by atoms with E-state index in [1.54, 1.807) is 7.11 Å². The first kappa shape index (κ1) is 25.9. The van der Waals surface area contributed by atoms with Crippen molar-refractivity contribution in [1.29, 1.82) is 0 Å². The SMILES string of the molecule is COc1ccccc1CN1CCC2(CC1)Cc1cn(nn1)CCCNC(=O)[C@H](Cc1ccccc1)NC2=O. The number of ether oxygens (including phenoxy) is 1. The highest BCUT2D eigenvalue weighted by Crippen LogP contribution is 2.36. The molecule has 3 aromatic rings. The summed E-state index contributed by atoms with van der Waals surface area (Å²) >= 11 is 0. The third kappa shape index (κ3) is 6.05. The zero-order valence-corrected chi connectivity index (χ0v) is 21.9. The molecule has 0 radical (unpaired) electrons. The molecule has 0 unspecified atom stereocenters. The van der Waals surface area contributed by atoms with E-state index < -0.39 is 11.5 Å². The molecule has 3 heterocycles. The Kier molecular flexibility index (Phi) is 8.03. The lowest BCUT2D eigenvalue weighted by Gasteiger charge is -2.41. The number of nitrogens with one attached hydrogen (secondary N) is 2. The highest BCUT2D eigenvalue weighted by Gasteiger charge is 2.43. The van der Waals surface area contributed by atoms with E-state index in [9.17, 15) is 9.59 Å². The number of hydrogen-bond donors (Lipinski definition) is 2. The number of carbonyl (C=O) groups excluding carboxylic acids is 2. The molecule has 1 atom stereocenters. The lowest BCUT2D eigenvalue weighted by molar-refractivity contribution is -0.137.